The second-order valence-electron chi connectivity index (χ2n) is 6.41. The minimum atomic E-state index is -3.41. The summed E-state index contributed by atoms with van der Waals surface area (Å²) >= 11 is 1.42. The second-order valence-corrected chi connectivity index (χ2v) is 9.21. The van der Waals surface area contributed by atoms with E-state index in [0.717, 1.165) is 30.5 Å². The van der Waals surface area contributed by atoms with E-state index in [2.05, 4.69) is 15.5 Å². The molecule has 1 N–H and O–H groups in total. The lowest BCUT2D eigenvalue weighted by Crippen LogP contribution is -2.35. The lowest BCUT2D eigenvalue weighted by molar-refractivity contribution is 0.346. The van der Waals surface area contributed by atoms with Gasteiger partial charge < -0.3 is 4.42 Å². The number of nitrogens with zero attached hydrogens (tertiary/aromatic N) is 3. The summed E-state index contributed by atoms with van der Waals surface area (Å²) in [5, 5.41) is 6.63. The van der Waals surface area contributed by atoms with Crippen molar-refractivity contribution in [2.45, 2.75) is 24.2 Å². The average Bonchev–Trinajstić information content (AvgIpc) is 3.41. The van der Waals surface area contributed by atoms with Crippen LogP contribution in [0.4, 0.5) is 5.13 Å². The van der Waals surface area contributed by atoms with Crippen molar-refractivity contribution in [3.05, 3.63) is 53.8 Å². The Morgan fingerprint density at radius 2 is 1.93 bits per heavy atom. The van der Waals surface area contributed by atoms with E-state index < -0.39 is 10.0 Å². The molecule has 0 spiro atoms. The highest BCUT2D eigenvalue weighted by atomic mass is 32.2. The first-order chi connectivity index (χ1) is 13.6. The Balaban J connectivity index is 1.45. The lowest BCUT2D eigenvalue weighted by Gasteiger charge is -2.25. The third-order valence-electron chi connectivity index (χ3n) is 4.50. The van der Waals surface area contributed by atoms with Crippen molar-refractivity contribution in [3.8, 4) is 11.3 Å². The van der Waals surface area contributed by atoms with E-state index in [4.69, 9.17) is 4.42 Å². The summed E-state index contributed by atoms with van der Waals surface area (Å²) in [6.45, 7) is 1.20. The highest BCUT2D eigenvalue weighted by Crippen LogP contribution is 2.27. The molecule has 1 fully saturated rings. The predicted octanol–water partition coefficient (Wildman–Crippen LogP) is 4.02. The molecule has 9 heteroatoms. The third kappa shape index (κ3) is 4.16. The number of thiazole rings is 1. The summed E-state index contributed by atoms with van der Waals surface area (Å²) in [7, 11) is -3.41. The minimum absolute atomic E-state index is 0.328. The molecule has 0 radical (unpaired) electrons. The zero-order valence-electron chi connectivity index (χ0n) is 15.1. The third-order valence-corrected chi connectivity index (χ3v) is 7.16. The highest BCUT2D eigenvalue weighted by Gasteiger charge is 2.25. The molecule has 1 saturated heterocycles. The van der Waals surface area contributed by atoms with Gasteiger partial charge in [-0.2, -0.15) is 9.41 Å². The van der Waals surface area contributed by atoms with E-state index >= 15 is 0 Å². The van der Waals surface area contributed by atoms with Crippen molar-refractivity contribution >= 4 is 32.7 Å². The number of rotatable bonds is 6. The average molecular weight is 417 g/mol. The van der Waals surface area contributed by atoms with E-state index in [9.17, 15) is 8.42 Å². The number of benzene rings is 1. The smallest absolute Gasteiger partial charge is 0.243 e. The minimum Gasteiger partial charge on any atom is -0.463 e. The Labute approximate surface area is 167 Å². The van der Waals surface area contributed by atoms with Gasteiger partial charge in [0.1, 0.15) is 5.76 Å². The molecular formula is C19H20N4O3S2. The molecule has 2 aromatic heterocycles. The Morgan fingerprint density at radius 3 is 2.64 bits per heavy atom. The van der Waals surface area contributed by atoms with E-state index in [0.29, 0.717) is 28.9 Å². The number of nitrogens with one attached hydrogen (secondary N) is 1. The van der Waals surface area contributed by atoms with Crippen LogP contribution in [-0.2, 0) is 10.0 Å². The molecular weight excluding hydrogens is 396 g/mol. The largest absolute Gasteiger partial charge is 0.463 e. The summed E-state index contributed by atoms with van der Waals surface area (Å²) < 4.78 is 32.2. The molecule has 0 bridgehead atoms. The van der Waals surface area contributed by atoms with E-state index in [-0.39, 0.29) is 0 Å². The van der Waals surface area contributed by atoms with Crippen molar-refractivity contribution in [2.24, 2.45) is 5.10 Å². The fourth-order valence-corrected chi connectivity index (χ4v) is 5.21. The number of sulfonamides is 1. The van der Waals surface area contributed by atoms with Crippen molar-refractivity contribution in [3.63, 3.8) is 0 Å². The maximum Gasteiger partial charge on any atom is 0.243 e. The highest BCUT2D eigenvalue weighted by molar-refractivity contribution is 7.89. The summed E-state index contributed by atoms with van der Waals surface area (Å²) in [5.41, 5.74) is 4.49. The summed E-state index contributed by atoms with van der Waals surface area (Å²) in [6.07, 6.45) is 6.10. The predicted molar refractivity (Wildman–Crippen MR) is 110 cm³/mol. The number of piperidine rings is 1. The molecule has 0 unspecified atom stereocenters. The van der Waals surface area contributed by atoms with Crippen LogP contribution in [0, 0.1) is 0 Å². The van der Waals surface area contributed by atoms with Crippen LogP contribution < -0.4 is 5.43 Å². The number of hydrogen-bond donors (Lipinski definition) is 1. The zero-order valence-corrected chi connectivity index (χ0v) is 16.7. The van der Waals surface area contributed by atoms with Crippen LogP contribution in [0.25, 0.3) is 11.3 Å². The standard InChI is InChI=1S/C19H20N4O3S2/c24-28(25,23-10-2-1-3-11-23)17-8-6-15(7-9-17)18-14-27-19(21-18)22-20-13-16-5-4-12-26-16/h4-9,12-14H,1-3,10-11H2,(H,21,22). The molecule has 1 aliphatic heterocycles. The topological polar surface area (TPSA) is 87.8 Å². The molecule has 146 valence electrons. The number of hydrazone groups is 1. The first kappa shape index (κ1) is 18.9. The van der Waals surface area contributed by atoms with Gasteiger partial charge in [-0.15, -0.1) is 11.3 Å². The van der Waals surface area contributed by atoms with E-state index in [1.165, 1.54) is 11.3 Å². The fraction of sp³-hybridized carbons (Fsp3) is 0.263. The lowest BCUT2D eigenvalue weighted by atomic mass is 10.2. The molecule has 0 aliphatic carbocycles. The van der Waals surface area contributed by atoms with Gasteiger partial charge in [-0.1, -0.05) is 18.6 Å². The van der Waals surface area contributed by atoms with Crippen LogP contribution in [0.15, 0.2) is 62.5 Å². The van der Waals surface area contributed by atoms with Gasteiger partial charge in [-0.3, -0.25) is 5.43 Å². The Kier molecular flexibility index (Phi) is 5.56. The van der Waals surface area contributed by atoms with Crippen molar-refractivity contribution < 1.29 is 12.8 Å². The van der Waals surface area contributed by atoms with E-state index in [1.54, 1.807) is 53.2 Å². The molecule has 0 saturated carbocycles. The van der Waals surface area contributed by atoms with Crippen LogP contribution in [0.1, 0.15) is 25.0 Å². The number of furan rings is 1. The molecule has 1 aromatic carbocycles. The molecule has 28 heavy (non-hydrogen) atoms. The first-order valence-corrected chi connectivity index (χ1v) is 11.3. The van der Waals surface area contributed by atoms with Gasteiger partial charge in [0, 0.05) is 24.0 Å². The van der Waals surface area contributed by atoms with Crippen molar-refractivity contribution in [1.82, 2.24) is 9.29 Å². The van der Waals surface area contributed by atoms with Crippen LogP contribution in [0.3, 0.4) is 0 Å². The van der Waals surface area contributed by atoms with Gasteiger partial charge in [-0.25, -0.2) is 13.4 Å². The Hall–Kier alpha value is -2.49. The van der Waals surface area contributed by atoms with Crippen molar-refractivity contribution in [2.75, 3.05) is 18.5 Å². The monoisotopic (exact) mass is 416 g/mol. The summed E-state index contributed by atoms with van der Waals surface area (Å²) in [6, 6.07) is 10.5. The number of hydrogen-bond acceptors (Lipinski definition) is 7. The quantitative estimate of drug-likeness (QED) is 0.484. The maximum absolute atomic E-state index is 12.7. The maximum atomic E-state index is 12.7. The molecule has 0 amide bonds. The number of aromatic nitrogens is 1. The van der Waals surface area contributed by atoms with Gasteiger partial charge in [0.05, 0.1) is 23.1 Å². The first-order valence-electron chi connectivity index (χ1n) is 9.02. The van der Waals surface area contributed by atoms with Gasteiger partial charge in [0.15, 0.2) is 0 Å². The zero-order chi connectivity index (χ0) is 19.4. The Morgan fingerprint density at radius 1 is 1.14 bits per heavy atom. The molecule has 7 nitrogen and oxygen atoms in total. The van der Waals surface area contributed by atoms with Gasteiger partial charge in [0.25, 0.3) is 0 Å². The van der Waals surface area contributed by atoms with Gasteiger partial charge in [-0.05, 0) is 37.1 Å². The molecule has 3 aromatic rings. The van der Waals surface area contributed by atoms with Crippen LogP contribution in [0.5, 0.6) is 0 Å². The molecule has 4 rings (SSSR count). The second kappa shape index (κ2) is 8.26. The molecule has 1 aliphatic rings. The Bertz CT molecular complexity index is 1040. The normalized spacial score (nSPS) is 15.9. The van der Waals surface area contributed by atoms with Gasteiger partial charge in [0.2, 0.25) is 15.2 Å². The van der Waals surface area contributed by atoms with Gasteiger partial charge >= 0.3 is 0 Å². The van der Waals surface area contributed by atoms with Crippen LogP contribution >= 0.6 is 11.3 Å². The summed E-state index contributed by atoms with van der Waals surface area (Å²) in [4.78, 5) is 4.81. The SMILES string of the molecule is O=S(=O)(c1ccc(-c2csc(NN=Cc3ccco3)n2)cc1)N1CCCCC1. The van der Waals surface area contributed by atoms with Crippen molar-refractivity contribution in [1.29, 1.82) is 0 Å². The molecule has 3 heterocycles. The molecule has 0 atom stereocenters. The number of anilines is 1. The van der Waals surface area contributed by atoms with Crippen LogP contribution in [0.2, 0.25) is 0 Å². The van der Waals surface area contributed by atoms with E-state index in [1.807, 2.05) is 5.38 Å². The fourth-order valence-electron chi connectivity index (χ4n) is 3.03. The summed E-state index contributed by atoms with van der Waals surface area (Å²) in [5.74, 6) is 0.648. The van der Waals surface area contributed by atoms with Crippen LogP contribution in [-0.4, -0.2) is 37.0 Å².